The molecule has 1 aliphatic rings. The summed E-state index contributed by atoms with van der Waals surface area (Å²) in [6.07, 6.45) is 1.24. The Morgan fingerprint density at radius 2 is 1.91 bits per heavy atom. The molecule has 0 spiro atoms. The molecule has 0 unspecified atom stereocenters. The van der Waals surface area contributed by atoms with Crippen molar-refractivity contribution in [2.45, 2.75) is 25.8 Å². The molecule has 23 heavy (non-hydrogen) atoms. The minimum atomic E-state index is -0.870. The third-order valence-electron chi connectivity index (χ3n) is 4.11. The van der Waals surface area contributed by atoms with E-state index in [0.717, 1.165) is 0 Å². The van der Waals surface area contributed by atoms with Crippen LogP contribution in [0.5, 0.6) is 0 Å². The minimum absolute atomic E-state index is 0.0204. The van der Waals surface area contributed by atoms with Crippen LogP contribution in [0, 0.1) is 5.92 Å². The largest absolute Gasteiger partial charge is 0.481 e. The van der Waals surface area contributed by atoms with E-state index in [4.69, 9.17) is 0 Å². The van der Waals surface area contributed by atoms with Crippen LogP contribution in [0.2, 0.25) is 0 Å². The predicted octanol–water partition coefficient (Wildman–Crippen LogP) is 2.05. The molecule has 1 aliphatic heterocycles. The van der Waals surface area contributed by atoms with E-state index in [1.807, 2.05) is 6.92 Å². The van der Waals surface area contributed by atoms with Crippen LogP contribution in [0.1, 0.15) is 30.1 Å². The fourth-order valence-corrected chi connectivity index (χ4v) is 2.77. The summed E-state index contributed by atoms with van der Waals surface area (Å²) in [4.78, 5) is 25.8. The molecular weight excluding hydrogens is 296 g/mol. The number of hydrogen-bond donors (Lipinski definition) is 1. The second-order valence-electron chi connectivity index (χ2n) is 5.51. The highest BCUT2D eigenvalue weighted by Gasteiger charge is 2.34. The zero-order valence-corrected chi connectivity index (χ0v) is 13.1. The van der Waals surface area contributed by atoms with Gasteiger partial charge in [0.15, 0.2) is 0 Å². The molecule has 7 heteroatoms. The molecule has 1 N–H and O–H groups in total. The highest BCUT2D eigenvalue weighted by molar-refractivity contribution is 6.00. The van der Waals surface area contributed by atoms with Crippen LogP contribution in [0.25, 0.3) is 0 Å². The summed E-state index contributed by atoms with van der Waals surface area (Å²) in [5, 5.41) is 17.8. The Hall–Kier alpha value is -2.70. The van der Waals surface area contributed by atoms with Gasteiger partial charge in [0.05, 0.1) is 17.2 Å². The predicted molar refractivity (Wildman–Crippen MR) is 88.9 cm³/mol. The molecule has 1 saturated heterocycles. The molecule has 0 bridgehead atoms. The van der Waals surface area contributed by atoms with Crippen LogP contribution in [0.4, 0.5) is 5.69 Å². The highest BCUT2D eigenvalue weighted by atomic mass is 16.4. The Labute approximate surface area is 134 Å². The molecule has 0 saturated carbocycles. The van der Waals surface area contributed by atoms with Gasteiger partial charge in [0.25, 0.3) is 5.91 Å². The van der Waals surface area contributed by atoms with Crippen LogP contribution in [-0.2, 0) is 4.79 Å². The van der Waals surface area contributed by atoms with E-state index in [1.54, 1.807) is 29.2 Å². The number of amides is 1. The Morgan fingerprint density at radius 3 is 2.52 bits per heavy atom. The van der Waals surface area contributed by atoms with Crippen molar-refractivity contribution in [1.29, 1.82) is 0 Å². The molecule has 0 aliphatic carbocycles. The lowest BCUT2D eigenvalue weighted by atomic mass is 9.92. The summed E-state index contributed by atoms with van der Waals surface area (Å²) in [5.41, 5.74) is 0.859. The van der Waals surface area contributed by atoms with Crippen molar-refractivity contribution in [1.82, 2.24) is 4.90 Å². The normalized spacial score (nSPS) is 20.7. The number of aliphatic carboxylic acids is 1. The van der Waals surface area contributed by atoms with Crippen LogP contribution in [0.15, 0.2) is 34.5 Å². The number of anilines is 1. The van der Waals surface area contributed by atoms with E-state index in [-0.39, 0.29) is 18.5 Å². The molecule has 122 valence electrons. The Balaban J connectivity index is 2.34. The maximum atomic E-state index is 12.9. The average Bonchev–Trinajstić information content (AvgIpc) is 2.56. The Kier molecular flexibility index (Phi) is 5.10. The van der Waals surface area contributed by atoms with Gasteiger partial charge in [-0.1, -0.05) is 12.1 Å². The molecular formula is C16H20N4O3. The SMILES string of the molecule is C=NN(N=C)c1ccccc1C(=O)N1C[C@H](C(=O)O)CC[C@H]1C. The molecule has 0 aromatic heterocycles. The number of likely N-dealkylation sites (tertiary alicyclic amines) is 1. The van der Waals surface area contributed by atoms with Crippen LogP contribution in [-0.4, -0.2) is 47.9 Å². The van der Waals surface area contributed by atoms with Crippen molar-refractivity contribution in [3.63, 3.8) is 0 Å². The van der Waals surface area contributed by atoms with Gasteiger partial charge in [-0.3, -0.25) is 9.59 Å². The molecule has 7 nitrogen and oxygen atoms in total. The first-order valence-corrected chi connectivity index (χ1v) is 7.35. The number of carboxylic acids is 1. The van der Waals surface area contributed by atoms with Gasteiger partial charge in [-0.15, -0.1) is 0 Å². The van der Waals surface area contributed by atoms with Gasteiger partial charge in [0.1, 0.15) is 0 Å². The monoisotopic (exact) mass is 316 g/mol. The van der Waals surface area contributed by atoms with Gasteiger partial charge in [0, 0.05) is 26.0 Å². The van der Waals surface area contributed by atoms with Gasteiger partial charge < -0.3 is 10.0 Å². The van der Waals surface area contributed by atoms with Crippen molar-refractivity contribution in [2.75, 3.05) is 11.7 Å². The van der Waals surface area contributed by atoms with Crippen LogP contribution >= 0.6 is 0 Å². The summed E-state index contributed by atoms with van der Waals surface area (Å²) in [5.74, 6) is -1.64. The van der Waals surface area contributed by atoms with E-state index in [9.17, 15) is 14.7 Å². The molecule has 1 aromatic rings. The number of para-hydroxylation sites is 1. The summed E-state index contributed by atoms with van der Waals surface area (Å²) in [7, 11) is 0. The lowest BCUT2D eigenvalue weighted by Gasteiger charge is -2.37. The van der Waals surface area contributed by atoms with Crippen molar-refractivity contribution < 1.29 is 14.7 Å². The van der Waals surface area contributed by atoms with E-state index in [1.165, 1.54) is 5.12 Å². The van der Waals surface area contributed by atoms with Crippen molar-refractivity contribution in [3.8, 4) is 0 Å². The zero-order valence-electron chi connectivity index (χ0n) is 13.1. The first-order valence-electron chi connectivity index (χ1n) is 7.35. The number of rotatable bonds is 5. The van der Waals surface area contributed by atoms with Crippen molar-refractivity contribution >= 4 is 31.0 Å². The number of carbonyl (C=O) groups is 2. The molecule has 1 aromatic carbocycles. The van der Waals surface area contributed by atoms with Crippen LogP contribution in [0.3, 0.4) is 0 Å². The maximum absolute atomic E-state index is 12.9. The van der Waals surface area contributed by atoms with Gasteiger partial charge in [-0.05, 0) is 31.9 Å². The number of hydrogen-bond acceptors (Lipinski definition) is 5. The van der Waals surface area contributed by atoms with E-state index < -0.39 is 11.9 Å². The zero-order chi connectivity index (χ0) is 17.0. The minimum Gasteiger partial charge on any atom is -0.481 e. The third kappa shape index (κ3) is 3.39. The molecule has 2 rings (SSSR count). The topological polar surface area (TPSA) is 85.6 Å². The van der Waals surface area contributed by atoms with Gasteiger partial charge in [-0.2, -0.15) is 15.3 Å². The average molecular weight is 316 g/mol. The van der Waals surface area contributed by atoms with Crippen LogP contribution < -0.4 is 5.12 Å². The van der Waals surface area contributed by atoms with Crippen molar-refractivity contribution in [3.05, 3.63) is 29.8 Å². The fraction of sp³-hybridized carbons (Fsp3) is 0.375. The van der Waals surface area contributed by atoms with Gasteiger partial charge in [0.2, 0.25) is 0 Å². The number of carboxylic acid groups (broad SMARTS) is 1. The first kappa shape index (κ1) is 16.7. The number of carbonyl (C=O) groups excluding carboxylic acids is 1. The Morgan fingerprint density at radius 1 is 1.26 bits per heavy atom. The summed E-state index contributed by atoms with van der Waals surface area (Å²) < 4.78 is 0. The molecule has 1 fully saturated rings. The number of hydrazone groups is 2. The smallest absolute Gasteiger partial charge is 0.308 e. The second-order valence-corrected chi connectivity index (χ2v) is 5.51. The van der Waals surface area contributed by atoms with E-state index >= 15 is 0 Å². The molecule has 0 radical (unpaired) electrons. The number of nitrogens with zero attached hydrogens (tertiary/aromatic N) is 4. The Bertz CT molecular complexity index is 624. The second kappa shape index (κ2) is 7.04. The fourth-order valence-electron chi connectivity index (χ4n) is 2.77. The summed E-state index contributed by atoms with van der Waals surface area (Å²) in [6, 6.07) is 6.84. The molecule has 1 amide bonds. The summed E-state index contributed by atoms with van der Waals surface area (Å²) >= 11 is 0. The number of benzene rings is 1. The number of piperidine rings is 1. The molecule has 1 heterocycles. The van der Waals surface area contributed by atoms with E-state index in [2.05, 4.69) is 23.6 Å². The maximum Gasteiger partial charge on any atom is 0.308 e. The first-order chi connectivity index (χ1) is 11.0. The third-order valence-corrected chi connectivity index (χ3v) is 4.11. The highest BCUT2D eigenvalue weighted by Crippen LogP contribution is 2.28. The lowest BCUT2D eigenvalue weighted by Crippen LogP contribution is -2.47. The van der Waals surface area contributed by atoms with E-state index in [0.29, 0.717) is 24.1 Å². The quantitative estimate of drug-likeness (QED) is 0.665. The lowest BCUT2D eigenvalue weighted by molar-refractivity contribution is -0.143. The molecule has 2 atom stereocenters. The summed E-state index contributed by atoms with van der Waals surface area (Å²) in [6.45, 7) is 8.95. The van der Waals surface area contributed by atoms with Gasteiger partial charge in [-0.25, -0.2) is 0 Å². The van der Waals surface area contributed by atoms with Crippen molar-refractivity contribution in [2.24, 2.45) is 16.1 Å². The van der Waals surface area contributed by atoms with Gasteiger partial charge >= 0.3 is 5.97 Å². The standard InChI is InChI=1S/C16H20N4O3/c1-11-8-9-12(16(22)23)10-19(11)15(21)13-6-4-5-7-14(13)20(17-2)18-3/h4-7,11-12H,2-3,8-10H2,1H3,(H,22,23)/t11-,12-/m1/s1.